The van der Waals surface area contributed by atoms with Gasteiger partial charge in [-0.25, -0.2) is 0 Å². The Morgan fingerprint density at radius 1 is 1.29 bits per heavy atom. The summed E-state index contributed by atoms with van der Waals surface area (Å²) in [6.45, 7) is 0. The van der Waals surface area contributed by atoms with Gasteiger partial charge in [-0.05, 0) is 30.5 Å². The SMILES string of the molecule is Cn1nc(NC2CC2)cc1-c1ccc(Br)cc1. The highest BCUT2D eigenvalue weighted by atomic mass is 79.9. The summed E-state index contributed by atoms with van der Waals surface area (Å²) in [6.07, 6.45) is 2.54. The zero-order valence-corrected chi connectivity index (χ0v) is 11.2. The molecule has 1 N–H and O–H groups in total. The fourth-order valence-electron chi connectivity index (χ4n) is 1.87. The van der Waals surface area contributed by atoms with Gasteiger partial charge in [-0.3, -0.25) is 4.68 Å². The van der Waals surface area contributed by atoms with E-state index in [0.29, 0.717) is 6.04 Å². The molecule has 2 aromatic rings. The molecule has 0 amide bonds. The van der Waals surface area contributed by atoms with Crippen LogP contribution in [0.3, 0.4) is 0 Å². The van der Waals surface area contributed by atoms with Gasteiger partial charge in [0.1, 0.15) is 5.82 Å². The van der Waals surface area contributed by atoms with Gasteiger partial charge in [-0.1, -0.05) is 28.1 Å². The molecule has 0 unspecified atom stereocenters. The number of nitrogens with one attached hydrogen (secondary N) is 1. The Kier molecular flexibility index (Phi) is 2.67. The van der Waals surface area contributed by atoms with Crippen molar-refractivity contribution in [2.75, 3.05) is 5.32 Å². The fourth-order valence-corrected chi connectivity index (χ4v) is 2.13. The molecule has 17 heavy (non-hydrogen) atoms. The van der Waals surface area contributed by atoms with Crippen molar-refractivity contribution >= 4 is 21.7 Å². The molecule has 0 bridgehead atoms. The van der Waals surface area contributed by atoms with Crippen LogP contribution < -0.4 is 5.32 Å². The minimum atomic E-state index is 0.641. The maximum atomic E-state index is 4.48. The second-order valence-electron chi connectivity index (χ2n) is 4.46. The molecule has 88 valence electrons. The molecule has 1 fully saturated rings. The van der Waals surface area contributed by atoms with Crippen LogP contribution in [0.2, 0.25) is 0 Å². The van der Waals surface area contributed by atoms with Crippen molar-refractivity contribution in [3.8, 4) is 11.3 Å². The Morgan fingerprint density at radius 3 is 2.65 bits per heavy atom. The summed E-state index contributed by atoms with van der Waals surface area (Å²) in [5.74, 6) is 0.980. The largest absolute Gasteiger partial charge is 0.366 e. The molecule has 1 aliphatic rings. The monoisotopic (exact) mass is 291 g/mol. The number of hydrogen-bond acceptors (Lipinski definition) is 2. The molecule has 3 nitrogen and oxygen atoms in total. The molecule has 0 radical (unpaired) electrons. The average Bonchev–Trinajstić information content (AvgIpc) is 3.03. The van der Waals surface area contributed by atoms with E-state index in [1.807, 2.05) is 11.7 Å². The van der Waals surface area contributed by atoms with Crippen molar-refractivity contribution in [1.29, 1.82) is 0 Å². The van der Waals surface area contributed by atoms with Gasteiger partial charge in [0.2, 0.25) is 0 Å². The van der Waals surface area contributed by atoms with Crippen LogP contribution in [0.4, 0.5) is 5.82 Å². The number of rotatable bonds is 3. The molecule has 1 heterocycles. The highest BCUT2D eigenvalue weighted by molar-refractivity contribution is 9.10. The minimum absolute atomic E-state index is 0.641. The van der Waals surface area contributed by atoms with E-state index in [1.165, 1.54) is 18.4 Å². The van der Waals surface area contributed by atoms with E-state index in [2.05, 4.69) is 56.7 Å². The molecular weight excluding hydrogens is 278 g/mol. The van der Waals surface area contributed by atoms with Crippen molar-refractivity contribution in [3.63, 3.8) is 0 Å². The first-order valence-electron chi connectivity index (χ1n) is 5.79. The van der Waals surface area contributed by atoms with Crippen molar-refractivity contribution in [1.82, 2.24) is 9.78 Å². The van der Waals surface area contributed by atoms with Crippen LogP contribution in [-0.4, -0.2) is 15.8 Å². The Hall–Kier alpha value is -1.29. The zero-order valence-electron chi connectivity index (χ0n) is 9.65. The van der Waals surface area contributed by atoms with Crippen molar-refractivity contribution in [2.24, 2.45) is 7.05 Å². The first-order valence-corrected chi connectivity index (χ1v) is 6.58. The molecule has 1 aliphatic carbocycles. The van der Waals surface area contributed by atoms with E-state index in [1.54, 1.807) is 0 Å². The predicted octanol–water partition coefficient (Wildman–Crippen LogP) is 3.42. The van der Waals surface area contributed by atoms with Gasteiger partial charge in [0.15, 0.2) is 0 Å². The summed E-state index contributed by atoms with van der Waals surface area (Å²) >= 11 is 3.45. The van der Waals surface area contributed by atoms with Gasteiger partial charge in [-0.15, -0.1) is 0 Å². The molecular formula is C13H14BrN3. The van der Waals surface area contributed by atoms with E-state index in [4.69, 9.17) is 0 Å². The number of aromatic nitrogens is 2. The lowest BCUT2D eigenvalue weighted by Crippen LogP contribution is -2.01. The van der Waals surface area contributed by atoms with Crippen LogP contribution in [0.25, 0.3) is 11.3 Å². The average molecular weight is 292 g/mol. The summed E-state index contributed by atoms with van der Waals surface area (Å²) in [4.78, 5) is 0. The van der Waals surface area contributed by atoms with Crippen LogP contribution in [0, 0.1) is 0 Å². The number of hydrogen-bond donors (Lipinski definition) is 1. The summed E-state index contributed by atoms with van der Waals surface area (Å²) in [7, 11) is 1.98. The number of benzene rings is 1. The smallest absolute Gasteiger partial charge is 0.148 e. The van der Waals surface area contributed by atoms with Crippen LogP contribution in [0.1, 0.15) is 12.8 Å². The summed E-state index contributed by atoms with van der Waals surface area (Å²) in [5.41, 5.74) is 2.33. The maximum Gasteiger partial charge on any atom is 0.148 e. The van der Waals surface area contributed by atoms with E-state index < -0.39 is 0 Å². The number of aryl methyl sites for hydroxylation is 1. The Labute approximate surface area is 109 Å². The van der Waals surface area contributed by atoms with Crippen LogP contribution in [0.15, 0.2) is 34.8 Å². The molecule has 0 saturated heterocycles. The first-order chi connectivity index (χ1) is 8.22. The molecule has 0 spiro atoms. The van der Waals surface area contributed by atoms with E-state index in [-0.39, 0.29) is 0 Å². The fraction of sp³-hybridized carbons (Fsp3) is 0.308. The third-order valence-corrected chi connectivity index (χ3v) is 3.48. The van der Waals surface area contributed by atoms with E-state index in [0.717, 1.165) is 16.0 Å². The van der Waals surface area contributed by atoms with Crippen LogP contribution in [0.5, 0.6) is 0 Å². The van der Waals surface area contributed by atoms with E-state index >= 15 is 0 Å². The lowest BCUT2D eigenvalue weighted by Gasteiger charge is -2.00. The molecule has 1 saturated carbocycles. The van der Waals surface area contributed by atoms with Crippen molar-refractivity contribution < 1.29 is 0 Å². The molecule has 1 aromatic heterocycles. The van der Waals surface area contributed by atoms with Gasteiger partial charge in [0.25, 0.3) is 0 Å². The zero-order chi connectivity index (χ0) is 11.8. The third-order valence-electron chi connectivity index (χ3n) is 2.95. The maximum absolute atomic E-state index is 4.48. The lowest BCUT2D eigenvalue weighted by atomic mass is 10.1. The van der Waals surface area contributed by atoms with Crippen LogP contribution >= 0.6 is 15.9 Å². The Bertz CT molecular complexity index is 526. The van der Waals surface area contributed by atoms with Gasteiger partial charge in [0, 0.05) is 23.6 Å². The summed E-state index contributed by atoms with van der Waals surface area (Å²) in [5, 5.41) is 7.90. The van der Waals surface area contributed by atoms with Gasteiger partial charge in [0.05, 0.1) is 5.69 Å². The second kappa shape index (κ2) is 4.18. The van der Waals surface area contributed by atoms with Crippen molar-refractivity contribution in [2.45, 2.75) is 18.9 Å². The topological polar surface area (TPSA) is 29.9 Å². The lowest BCUT2D eigenvalue weighted by molar-refractivity contribution is 0.776. The van der Waals surface area contributed by atoms with Crippen molar-refractivity contribution in [3.05, 3.63) is 34.8 Å². The number of anilines is 1. The normalized spacial score (nSPS) is 14.9. The molecule has 0 atom stereocenters. The van der Waals surface area contributed by atoms with E-state index in [9.17, 15) is 0 Å². The number of nitrogens with zero attached hydrogens (tertiary/aromatic N) is 2. The standard InChI is InChI=1S/C13H14BrN3/c1-17-12(9-2-4-10(14)5-3-9)8-13(16-17)15-11-6-7-11/h2-5,8,11H,6-7H2,1H3,(H,15,16). The third kappa shape index (κ3) is 2.36. The van der Waals surface area contributed by atoms with Crippen LogP contribution in [-0.2, 0) is 7.05 Å². The quantitative estimate of drug-likeness (QED) is 0.939. The Morgan fingerprint density at radius 2 is 2.00 bits per heavy atom. The predicted molar refractivity (Wildman–Crippen MR) is 73.0 cm³/mol. The molecule has 0 aliphatic heterocycles. The second-order valence-corrected chi connectivity index (χ2v) is 5.38. The molecule has 1 aromatic carbocycles. The Balaban J connectivity index is 1.90. The molecule has 3 rings (SSSR count). The molecule has 4 heteroatoms. The first kappa shape index (κ1) is 10.8. The minimum Gasteiger partial charge on any atom is -0.366 e. The summed E-state index contributed by atoms with van der Waals surface area (Å²) < 4.78 is 3.02. The highest BCUT2D eigenvalue weighted by Crippen LogP contribution is 2.27. The van der Waals surface area contributed by atoms with Gasteiger partial charge < -0.3 is 5.32 Å². The summed E-state index contributed by atoms with van der Waals surface area (Å²) in [6, 6.07) is 11.1. The van der Waals surface area contributed by atoms with Gasteiger partial charge >= 0.3 is 0 Å². The number of halogens is 1. The highest BCUT2D eigenvalue weighted by Gasteiger charge is 2.22. The van der Waals surface area contributed by atoms with Gasteiger partial charge in [-0.2, -0.15) is 5.10 Å².